The lowest BCUT2D eigenvalue weighted by molar-refractivity contribution is 0.0763. The Bertz CT molecular complexity index is 807. The van der Waals surface area contributed by atoms with Gasteiger partial charge in [0, 0.05) is 19.3 Å². The van der Waals surface area contributed by atoms with Gasteiger partial charge >= 0.3 is 0 Å². The molecule has 7 heteroatoms. The lowest BCUT2D eigenvalue weighted by Gasteiger charge is -2.16. The third-order valence-electron chi connectivity index (χ3n) is 3.73. The van der Waals surface area contributed by atoms with Gasteiger partial charge in [-0.05, 0) is 29.3 Å². The van der Waals surface area contributed by atoms with Gasteiger partial charge < -0.3 is 15.4 Å². The molecule has 118 valence electrons. The third kappa shape index (κ3) is 2.61. The number of pyridine rings is 1. The first-order chi connectivity index (χ1) is 11.0. The van der Waals surface area contributed by atoms with Gasteiger partial charge in [-0.3, -0.25) is 9.59 Å². The smallest absolute Gasteiger partial charge is 0.260 e. The number of rotatable bonds is 4. The van der Waals surface area contributed by atoms with Gasteiger partial charge in [-0.2, -0.15) is 0 Å². The number of hydrogen-bond acceptors (Lipinski definition) is 4. The zero-order valence-electron chi connectivity index (χ0n) is 12.4. The van der Waals surface area contributed by atoms with Crippen LogP contribution in [0.4, 0.5) is 4.39 Å². The highest BCUT2D eigenvalue weighted by Gasteiger charge is 2.31. The molecular weight excluding hydrogens is 301 g/mol. The average Bonchev–Trinajstić information content (AvgIpc) is 2.83. The average molecular weight is 315 g/mol. The van der Waals surface area contributed by atoms with E-state index in [1.54, 1.807) is 23.2 Å². The van der Waals surface area contributed by atoms with E-state index in [0.29, 0.717) is 17.7 Å². The number of halogens is 1. The van der Waals surface area contributed by atoms with Crippen LogP contribution in [0.15, 0.2) is 30.5 Å². The number of ether oxygens (including phenoxy) is 1. The standard InChI is InChI=1S/C16H14FN3O3/c1-23-15-13-10(4-5-19-15)8-20(16(13)22)7-9-2-3-11(14(18)21)12(17)6-9/h2-6H,7-8H2,1H3,(H2,18,21). The van der Waals surface area contributed by atoms with Crippen LogP contribution in [-0.4, -0.2) is 28.8 Å². The van der Waals surface area contributed by atoms with Crippen molar-refractivity contribution in [1.82, 2.24) is 9.88 Å². The molecule has 0 aliphatic carbocycles. The number of aromatic nitrogens is 1. The van der Waals surface area contributed by atoms with E-state index >= 15 is 0 Å². The molecule has 1 aliphatic heterocycles. The van der Waals surface area contributed by atoms with Crippen LogP contribution in [0, 0.1) is 5.82 Å². The molecule has 3 rings (SSSR count). The molecule has 0 bridgehead atoms. The van der Waals surface area contributed by atoms with Crippen molar-refractivity contribution in [2.75, 3.05) is 7.11 Å². The molecule has 0 atom stereocenters. The molecule has 0 saturated carbocycles. The number of carbonyl (C=O) groups is 2. The molecule has 1 aromatic carbocycles. The minimum absolute atomic E-state index is 0.171. The van der Waals surface area contributed by atoms with E-state index < -0.39 is 11.7 Å². The number of carbonyl (C=O) groups excluding carboxylic acids is 2. The number of hydrogen-bond donors (Lipinski definition) is 1. The Morgan fingerprint density at radius 1 is 1.43 bits per heavy atom. The summed E-state index contributed by atoms with van der Waals surface area (Å²) in [6.45, 7) is 0.610. The highest BCUT2D eigenvalue weighted by atomic mass is 19.1. The minimum Gasteiger partial charge on any atom is -0.480 e. The Balaban J connectivity index is 1.84. The second-order valence-corrected chi connectivity index (χ2v) is 5.19. The number of methoxy groups -OCH3 is 1. The van der Waals surface area contributed by atoms with E-state index in [1.807, 2.05) is 0 Å². The van der Waals surface area contributed by atoms with Crippen molar-refractivity contribution in [3.8, 4) is 5.88 Å². The molecule has 2 aromatic rings. The molecule has 0 fully saturated rings. The van der Waals surface area contributed by atoms with Crippen molar-refractivity contribution >= 4 is 11.8 Å². The number of amides is 2. The van der Waals surface area contributed by atoms with Crippen molar-refractivity contribution in [2.45, 2.75) is 13.1 Å². The normalized spacial score (nSPS) is 13.1. The molecule has 0 unspecified atom stereocenters. The van der Waals surface area contributed by atoms with Crippen molar-refractivity contribution in [3.63, 3.8) is 0 Å². The van der Waals surface area contributed by atoms with Crippen LogP contribution in [0.5, 0.6) is 5.88 Å². The summed E-state index contributed by atoms with van der Waals surface area (Å²) in [4.78, 5) is 29.1. The summed E-state index contributed by atoms with van der Waals surface area (Å²) in [5.41, 5.74) is 6.73. The van der Waals surface area contributed by atoms with Crippen LogP contribution < -0.4 is 10.5 Å². The van der Waals surface area contributed by atoms with Crippen LogP contribution in [-0.2, 0) is 13.1 Å². The highest BCUT2D eigenvalue weighted by molar-refractivity contribution is 6.00. The van der Waals surface area contributed by atoms with E-state index in [2.05, 4.69) is 4.98 Å². The van der Waals surface area contributed by atoms with Gasteiger partial charge in [0.05, 0.1) is 12.7 Å². The summed E-state index contributed by atoms with van der Waals surface area (Å²) in [6.07, 6.45) is 1.58. The van der Waals surface area contributed by atoms with Gasteiger partial charge in [-0.1, -0.05) is 6.07 Å². The fourth-order valence-electron chi connectivity index (χ4n) is 2.64. The second kappa shape index (κ2) is 5.68. The lowest BCUT2D eigenvalue weighted by Crippen LogP contribution is -2.24. The Hall–Kier alpha value is -2.96. The van der Waals surface area contributed by atoms with E-state index in [9.17, 15) is 14.0 Å². The van der Waals surface area contributed by atoms with Gasteiger partial charge in [-0.25, -0.2) is 9.37 Å². The minimum atomic E-state index is -0.825. The summed E-state index contributed by atoms with van der Waals surface area (Å²) >= 11 is 0. The highest BCUT2D eigenvalue weighted by Crippen LogP contribution is 2.30. The van der Waals surface area contributed by atoms with E-state index in [0.717, 1.165) is 5.56 Å². The van der Waals surface area contributed by atoms with Gasteiger partial charge in [0.15, 0.2) is 0 Å². The molecule has 6 nitrogen and oxygen atoms in total. The zero-order chi connectivity index (χ0) is 16.6. The summed E-state index contributed by atoms with van der Waals surface area (Å²) < 4.78 is 18.9. The maximum absolute atomic E-state index is 13.8. The fourth-order valence-corrected chi connectivity index (χ4v) is 2.64. The van der Waals surface area contributed by atoms with E-state index in [1.165, 1.54) is 19.2 Å². The first kappa shape index (κ1) is 15.0. The number of nitrogens with zero attached hydrogens (tertiary/aromatic N) is 2. The predicted molar refractivity (Wildman–Crippen MR) is 79.3 cm³/mol. The van der Waals surface area contributed by atoms with Crippen molar-refractivity contribution in [3.05, 3.63) is 58.5 Å². The number of nitrogens with two attached hydrogens (primary N) is 1. The summed E-state index contributed by atoms with van der Waals surface area (Å²) in [7, 11) is 1.45. The maximum atomic E-state index is 13.8. The second-order valence-electron chi connectivity index (χ2n) is 5.19. The zero-order valence-corrected chi connectivity index (χ0v) is 12.4. The summed E-state index contributed by atoms with van der Waals surface area (Å²) in [5.74, 6) is -1.46. The molecule has 2 amide bonds. The Labute approximate surface area is 131 Å². The number of primary amides is 1. The van der Waals surface area contributed by atoms with E-state index in [4.69, 9.17) is 10.5 Å². The third-order valence-corrected chi connectivity index (χ3v) is 3.73. The number of benzene rings is 1. The van der Waals surface area contributed by atoms with Crippen LogP contribution in [0.3, 0.4) is 0 Å². The Kier molecular flexibility index (Phi) is 3.69. The molecular formula is C16H14FN3O3. The predicted octanol–water partition coefficient (Wildman–Crippen LogP) is 1.48. The Morgan fingerprint density at radius 3 is 2.87 bits per heavy atom. The van der Waals surface area contributed by atoms with Crippen molar-refractivity contribution in [1.29, 1.82) is 0 Å². The lowest BCUT2D eigenvalue weighted by atomic mass is 10.1. The molecule has 1 aromatic heterocycles. The SMILES string of the molecule is COc1nccc2c1C(=O)N(Cc1ccc(C(N)=O)c(F)c1)C2. The molecule has 1 aliphatic rings. The van der Waals surface area contributed by atoms with Gasteiger partial charge in [0.1, 0.15) is 11.4 Å². The molecule has 23 heavy (non-hydrogen) atoms. The molecule has 0 saturated heterocycles. The van der Waals surface area contributed by atoms with Gasteiger partial charge in [0.25, 0.3) is 11.8 Å². The molecule has 2 heterocycles. The van der Waals surface area contributed by atoms with Gasteiger partial charge in [-0.15, -0.1) is 0 Å². The molecule has 0 spiro atoms. The molecule has 0 radical (unpaired) electrons. The van der Waals surface area contributed by atoms with Crippen LogP contribution in [0.25, 0.3) is 0 Å². The van der Waals surface area contributed by atoms with E-state index in [-0.39, 0.29) is 23.9 Å². The summed E-state index contributed by atoms with van der Waals surface area (Å²) in [5, 5.41) is 0. The number of fused-ring (bicyclic) bond motifs is 1. The van der Waals surface area contributed by atoms with Crippen LogP contribution >= 0.6 is 0 Å². The largest absolute Gasteiger partial charge is 0.480 e. The quantitative estimate of drug-likeness (QED) is 0.926. The van der Waals surface area contributed by atoms with Crippen LogP contribution in [0.2, 0.25) is 0 Å². The first-order valence-electron chi connectivity index (χ1n) is 6.90. The van der Waals surface area contributed by atoms with Gasteiger partial charge in [0.2, 0.25) is 5.88 Å². The topological polar surface area (TPSA) is 85.5 Å². The monoisotopic (exact) mass is 315 g/mol. The molecule has 2 N–H and O–H groups in total. The maximum Gasteiger partial charge on any atom is 0.260 e. The summed E-state index contributed by atoms with van der Waals surface area (Å²) in [6, 6.07) is 5.87. The fraction of sp³-hybridized carbons (Fsp3) is 0.188. The van der Waals surface area contributed by atoms with Crippen LogP contribution in [0.1, 0.15) is 31.8 Å². The van der Waals surface area contributed by atoms with Crippen molar-refractivity contribution < 1.29 is 18.7 Å². The Morgan fingerprint density at radius 2 is 2.22 bits per heavy atom. The van der Waals surface area contributed by atoms with Crippen molar-refractivity contribution in [2.24, 2.45) is 5.73 Å². The first-order valence-corrected chi connectivity index (χ1v) is 6.90.